The molecule has 0 spiro atoms. The molecule has 2 aliphatic heterocycles. The van der Waals surface area contributed by atoms with Gasteiger partial charge in [-0.05, 0) is 37.3 Å². The van der Waals surface area contributed by atoms with E-state index in [1.54, 1.807) is 3.61 Å². The van der Waals surface area contributed by atoms with Crippen molar-refractivity contribution in [1.82, 2.24) is 0 Å². The number of oxazole rings is 1. The van der Waals surface area contributed by atoms with Crippen molar-refractivity contribution in [3.63, 3.8) is 0 Å². The van der Waals surface area contributed by atoms with Gasteiger partial charge in [-0.2, -0.15) is 4.57 Å². The first-order valence-corrected chi connectivity index (χ1v) is 15.2. The van der Waals surface area contributed by atoms with Crippen molar-refractivity contribution < 1.29 is 13.7 Å². The summed E-state index contributed by atoms with van der Waals surface area (Å²) in [5.74, 6) is 2.38. The summed E-state index contributed by atoms with van der Waals surface area (Å²) < 4.78 is 16.7. The fraction of sp³-hybridized carbons (Fsp3) is 0.129. The van der Waals surface area contributed by atoms with Crippen molar-refractivity contribution >= 4 is 63.9 Å². The van der Waals surface area contributed by atoms with Crippen LogP contribution in [0.15, 0.2) is 107 Å². The molecule has 1 N–H and O–H groups in total. The summed E-state index contributed by atoms with van der Waals surface area (Å²) >= 11 is 0.0592. The van der Waals surface area contributed by atoms with Crippen LogP contribution in [-0.2, 0) is 6.54 Å². The average molecular weight is 602 g/mol. The second-order valence-electron chi connectivity index (χ2n) is 8.87. The number of nitrogens with one attached hydrogen (secondary N) is 1. The van der Waals surface area contributed by atoms with Crippen molar-refractivity contribution in [1.29, 1.82) is 0 Å². The molecule has 0 unspecified atom stereocenters. The molecule has 0 saturated heterocycles. The third kappa shape index (κ3) is 4.71. The van der Waals surface area contributed by atoms with Gasteiger partial charge in [0.25, 0.3) is 5.52 Å². The molecule has 5 nitrogen and oxygen atoms in total. The Bertz CT molecular complexity index is 1630. The van der Waals surface area contributed by atoms with Gasteiger partial charge >= 0.3 is 99.8 Å². The molecule has 0 fully saturated rings. The number of ether oxygens (including phenoxy) is 1. The number of fused-ring (bicyclic) bond motifs is 5. The van der Waals surface area contributed by atoms with Crippen LogP contribution >= 0.6 is 0 Å². The molecule has 184 valence electrons. The predicted molar refractivity (Wildman–Crippen MR) is 152 cm³/mol. The summed E-state index contributed by atoms with van der Waals surface area (Å²) in [5.41, 5.74) is 4.47. The zero-order valence-electron chi connectivity index (χ0n) is 20.8. The Kier molecular flexibility index (Phi) is 6.61. The van der Waals surface area contributed by atoms with Crippen LogP contribution in [0.3, 0.4) is 0 Å². The van der Waals surface area contributed by atoms with Crippen LogP contribution in [0.4, 0.5) is 11.4 Å². The third-order valence-corrected chi connectivity index (χ3v) is 9.76. The van der Waals surface area contributed by atoms with Crippen LogP contribution in [-0.4, -0.2) is 32.6 Å². The van der Waals surface area contributed by atoms with Crippen molar-refractivity contribution in [3.8, 4) is 5.75 Å². The molecule has 1 aromatic heterocycles. The van der Waals surface area contributed by atoms with Crippen LogP contribution in [0.5, 0.6) is 5.75 Å². The number of aryl methyl sites for hydroxylation is 1. The molecule has 4 aromatic carbocycles. The van der Waals surface area contributed by atoms with Crippen LogP contribution in [0.25, 0.3) is 27.9 Å². The van der Waals surface area contributed by atoms with Crippen molar-refractivity contribution in [2.24, 2.45) is 0 Å². The van der Waals surface area contributed by atoms with E-state index in [0.717, 1.165) is 35.0 Å². The number of rotatable bonds is 3. The normalized spacial score (nSPS) is 15.0. The minimum absolute atomic E-state index is 0.0592. The monoisotopic (exact) mass is 604 g/mol. The predicted octanol–water partition coefficient (Wildman–Crippen LogP) is 5.68. The van der Waals surface area contributed by atoms with Gasteiger partial charge in [-0.1, -0.05) is 24.3 Å². The van der Waals surface area contributed by atoms with E-state index < -0.39 is 0 Å². The number of nitrogens with zero attached hydrogens (tertiary/aromatic N) is 2. The molecule has 6 heteroatoms. The summed E-state index contributed by atoms with van der Waals surface area (Å²) in [6, 6.07) is 29.2. The van der Waals surface area contributed by atoms with E-state index in [2.05, 4.69) is 71.2 Å². The molecular weight excluding hydrogens is 574 g/mol. The number of para-hydroxylation sites is 4. The molecule has 7 rings (SSSR count). The average Bonchev–Trinajstić information content (AvgIpc) is 3.63. The van der Waals surface area contributed by atoms with Crippen molar-refractivity contribution in [3.05, 3.63) is 109 Å². The molecule has 3 heterocycles. The van der Waals surface area contributed by atoms with Gasteiger partial charge in [0.2, 0.25) is 5.58 Å². The van der Waals surface area contributed by atoms with Crippen LogP contribution in [0.2, 0.25) is 0 Å². The van der Waals surface area contributed by atoms with E-state index in [1.165, 1.54) is 21.1 Å². The number of hydrogen-bond acceptors (Lipinski definition) is 4. The fourth-order valence-corrected chi connectivity index (χ4v) is 7.64. The standard InChI is InChI=1S/C19H16N2O2.C12H11NTe/c1-2-21-15-9-4-6-11-17(15)23-19(21)13-7-12-18-20-14-8-3-5-10-16(14)22-18;1-13-8-14-11-7-6-9-4-2-3-5-10(9)12(11)13/h3-13H,2H2,1H3;2-7H,8H2,1H3/p+1. The molecular formula is C31H28N3O2Te+. The Morgan fingerprint density at radius 1 is 0.973 bits per heavy atom. The molecule has 0 aliphatic carbocycles. The summed E-state index contributed by atoms with van der Waals surface area (Å²) in [6.07, 6.45) is 5.77. The number of hydrogen-bond donors (Lipinski definition) is 1. The van der Waals surface area contributed by atoms with E-state index in [-0.39, 0.29) is 20.9 Å². The van der Waals surface area contributed by atoms with E-state index >= 15 is 0 Å². The molecule has 0 amide bonds. The molecule has 0 bridgehead atoms. The zero-order valence-corrected chi connectivity index (χ0v) is 23.2. The van der Waals surface area contributed by atoms with Gasteiger partial charge in [-0.3, -0.25) is 0 Å². The Labute approximate surface area is 226 Å². The molecule has 37 heavy (non-hydrogen) atoms. The van der Waals surface area contributed by atoms with Crippen LogP contribution < -0.4 is 23.1 Å². The van der Waals surface area contributed by atoms with Gasteiger partial charge < -0.3 is 14.5 Å². The summed E-state index contributed by atoms with van der Waals surface area (Å²) in [7, 11) is 2.21. The first kappa shape index (κ1) is 23.7. The Morgan fingerprint density at radius 3 is 2.68 bits per heavy atom. The molecule has 2 aliphatic rings. The molecule has 5 aromatic rings. The fourth-order valence-electron chi connectivity index (χ4n) is 4.71. The Morgan fingerprint density at radius 2 is 1.78 bits per heavy atom. The van der Waals surface area contributed by atoms with Crippen molar-refractivity contribution in [2.45, 2.75) is 13.5 Å². The van der Waals surface area contributed by atoms with Gasteiger partial charge in [0.1, 0.15) is 6.54 Å². The van der Waals surface area contributed by atoms with Crippen molar-refractivity contribution in [2.75, 3.05) is 21.9 Å². The Balaban J connectivity index is 0.000000153. The number of allylic oxidation sites excluding steroid dienone is 2. The second-order valence-corrected chi connectivity index (χ2v) is 11.7. The van der Waals surface area contributed by atoms with E-state index in [9.17, 15) is 0 Å². The Hall–Kier alpha value is -3.72. The maximum absolute atomic E-state index is 5.90. The van der Waals surface area contributed by atoms with Gasteiger partial charge in [0.05, 0.1) is 11.8 Å². The summed E-state index contributed by atoms with van der Waals surface area (Å²) in [6.45, 7) is 2.96. The topological polar surface area (TPSA) is 41.5 Å². The van der Waals surface area contributed by atoms with Gasteiger partial charge in [0, 0.05) is 6.07 Å². The molecule has 0 saturated carbocycles. The first-order valence-electron chi connectivity index (χ1n) is 12.4. The van der Waals surface area contributed by atoms with Gasteiger partial charge in [0.15, 0.2) is 11.6 Å². The van der Waals surface area contributed by atoms with Crippen LogP contribution in [0.1, 0.15) is 12.8 Å². The summed E-state index contributed by atoms with van der Waals surface area (Å²) in [5, 5.41) is 6.02. The second kappa shape index (κ2) is 10.3. The van der Waals surface area contributed by atoms with Crippen LogP contribution in [0, 0.1) is 0 Å². The summed E-state index contributed by atoms with van der Waals surface area (Å²) in [4.78, 5) is 2.42. The van der Waals surface area contributed by atoms with E-state index in [4.69, 9.17) is 9.15 Å². The number of aromatic nitrogens is 1. The zero-order chi connectivity index (χ0) is 25.2. The molecule has 0 radical (unpaired) electrons. The van der Waals surface area contributed by atoms with Gasteiger partial charge in [-0.15, -0.1) is 0 Å². The molecule has 0 atom stereocenters. The van der Waals surface area contributed by atoms with E-state index in [1.807, 2.05) is 60.7 Å². The SMILES string of the molecule is CC[n+]1c(C=CC=C2Nc3ccccc3O2)oc2ccccc21.CN1C[Te]c2ccc3ccccc3c21. The third-order valence-electron chi connectivity index (χ3n) is 6.46. The minimum atomic E-state index is 0.0592. The van der Waals surface area contributed by atoms with E-state index in [0.29, 0.717) is 5.88 Å². The van der Waals surface area contributed by atoms with Gasteiger partial charge in [-0.25, -0.2) is 0 Å². The quantitative estimate of drug-likeness (QED) is 0.214. The number of benzene rings is 4. The maximum atomic E-state index is 5.90. The first-order chi connectivity index (χ1) is 18.2. The number of anilines is 2.